The van der Waals surface area contributed by atoms with E-state index < -0.39 is 0 Å². The van der Waals surface area contributed by atoms with Crippen LogP contribution in [0.15, 0.2) is 64.0 Å². The van der Waals surface area contributed by atoms with Crippen LogP contribution < -0.4 is 0 Å². The first kappa shape index (κ1) is 21.3. The molecule has 6 heteroatoms. The molecule has 0 aliphatic rings. The van der Waals surface area contributed by atoms with Gasteiger partial charge in [0.05, 0.1) is 9.26 Å². The molecule has 30 heavy (non-hydrogen) atoms. The van der Waals surface area contributed by atoms with Crippen molar-refractivity contribution in [3.63, 3.8) is 0 Å². The zero-order valence-electron chi connectivity index (χ0n) is 16.6. The molecule has 4 rings (SSSR count). The molecule has 0 aliphatic carbocycles. The maximum Gasteiger partial charge on any atom is 0.227 e. The highest BCUT2D eigenvalue weighted by Crippen LogP contribution is 2.30. The Kier molecular flexibility index (Phi) is 6.43. The number of hydrogen-bond donors (Lipinski definition) is 1. The van der Waals surface area contributed by atoms with E-state index in [1.165, 1.54) is 5.56 Å². The van der Waals surface area contributed by atoms with E-state index in [2.05, 4.69) is 76.2 Å². The molecule has 0 unspecified atom stereocenters. The smallest absolute Gasteiger partial charge is 0.227 e. The highest BCUT2D eigenvalue weighted by atomic mass is 127. The normalized spacial score (nSPS) is 12.7. The van der Waals surface area contributed by atoms with Gasteiger partial charge in [-0.3, -0.25) is 4.99 Å². The Morgan fingerprint density at radius 1 is 1.13 bits per heavy atom. The Morgan fingerprint density at radius 3 is 2.77 bits per heavy atom. The number of aliphatic imine (C=N–C) groups is 1. The molecule has 152 valence electrons. The number of benzene rings is 3. The summed E-state index contributed by atoms with van der Waals surface area (Å²) < 4.78 is 7.84. The summed E-state index contributed by atoms with van der Waals surface area (Å²) in [4.78, 5) is 9.24. The van der Waals surface area contributed by atoms with Gasteiger partial charge in [0.15, 0.2) is 5.58 Å². The lowest BCUT2D eigenvalue weighted by molar-refractivity contribution is 0.470. The maximum atomic E-state index is 10.3. The zero-order valence-corrected chi connectivity index (χ0v) is 20.9. The van der Waals surface area contributed by atoms with Crippen LogP contribution in [0.2, 0.25) is 0 Å². The molecule has 0 radical (unpaired) electrons. The second-order valence-corrected chi connectivity index (χ2v) is 9.60. The standard InChI is InChI=1S/C24H20I2N2O2/c1-3-14(2)15-7-8-22-21(11-15)28-24(30-22)16-5-4-6-19(10-16)27-13-17-9-18(25)12-20(26)23(17)29/h4-14,29H,3H2,1-2H3/t14-/m1/s1. The minimum absolute atomic E-state index is 0.243. The van der Waals surface area contributed by atoms with Crippen molar-refractivity contribution in [1.29, 1.82) is 0 Å². The molecule has 0 saturated heterocycles. The van der Waals surface area contributed by atoms with Crippen molar-refractivity contribution in [2.24, 2.45) is 4.99 Å². The van der Waals surface area contributed by atoms with Gasteiger partial charge in [-0.25, -0.2) is 4.98 Å². The number of fused-ring (bicyclic) bond motifs is 1. The Balaban J connectivity index is 1.65. The fraction of sp³-hybridized carbons (Fsp3) is 0.167. The molecule has 0 spiro atoms. The number of halogens is 2. The van der Waals surface area contributed by atoms with Crippen LogP contribution >= 0.6 is 45.2 Å². The molecule has 0 bridgehead atoms. The average Bonchev–Trinajstić information content (AvgIpc) is 3.18. The second kappa shape index (κ2) is 9.05. The van der Waals surface area contributed by atoms with Crippen LogP contribution in [-0.4, -0.2) is 16.3 Å². The van der Waals surface area contributed by atoms with Crippen LogP contribution in [0.5, 0.6) is 5.75 Å². The van der Waals surface area contributed by atoms with Gasteiger partial charge < -0.3 is 9.52 Å². The molecule has 1 aromatic heterocycles. The first-order valence-electron chi connectivity index (χ1n) is 9.67. The van der Waals surface area contributed by atoms with Gasteiger partial charge in [0.1, 0.15) is 11.3 Å². The summed E-state index contributed by atoms with van der Waals surface area (Å²) in [5.74, 6) is 1.31. The van der Waals surface area contributed by atoms with Crippen molar-refractivity contribution in [1.82, 2.24) is 4.98 Å². The van der Waals surface area contributed by atoms with E-state index in [-0.39, 0.29) is 5.75 Å². The fourth-order valence-electron chi connectivity index (χ4n) is 3.16. The van der Waals surface area contributed by atoms with E-state index in [1.807, 2.05) is 42.5 Å². The topological polar surface area (TPSA) is 58.6 Å². The predicted molar refractivity (Wildman–Crippen MR) is 139 cm³/mol. The van der Waals surface area contributed by atoms with Crippen molar-refractivity contribution in [2.45, 2.75) is 26.2 Å². The molecule has 1 atom stereocenters. The van der Waals surface area contributed by atoms with Gasteiger partial charge in [-0.2, -0.15) is 0 Å². The van der Waals surface area contributed by atoms with E-state index in [4.69, 9.17) is 9.40 Å². The number of oxazole rings is 1. The molecule has 0 saturated carbocycles. The van der Waals surface area contributed by atoms with Gasteiger partial charge in [0.2, 0.25) is 5.89 Å². The molecular weight excluding hydrogens is 602 g/mol. The van der Waals surface area contributed by atoms with Crippen LogP contribution in [0.1, 0.15) is 37.3 Å². The number of phenols is 1. The molecule has 4 aromatic rings. The van der Waals surface area contributed by atoms with Gasteiger partial charge in [-0.1, -0.05) is 26.0 Å². The minimum atomic E-state index is 0.243. The Bertz CT molecular complexity index is 1250. The van der Waals surface area contributed by atoms with Crippen LogP contribution in [0.4, 0.5) is 5.69 Å². The molecular formula is C24H20I2N2O2. The van der Waals surface area contributed by atoms with E-state index in [9.17, 15) is 5.11 Å². The summed E-state index contributed by atoms with van der Waals surface area (Å²) in [5.41, 5.74) is 5.25. The summed E-state index contributed by atoms with van der Waals surface area (Å²) in [7, 11) is 0. The predicted octanol–water partition coefficient (Wildman–Crippen LogP) is 7.67. The molecule has 0 fully saturated rings. The van der Waals surface area contributed by atoms with Crippen LogP contribution in [0.3, 0.4) is 0 Å². The van der Waals surface area contributed by atoms with Gasteiger partial charge in [-0.15, -0.1) is 0 Å². The summed E-state index contributed by atoms with van der Waals surface area (Å²) >= 11 is 4.35. The number of aromatic nitrogens is 1. The third-order valence-corrected chi connectivity index (χ3v) is 6.54. The number of rotatable bonds is 5. The van der Waals surface area contributed by atoms with Crippen molar-refractivity contribution >= 4 is 68.2 Å². The zero-order chi connectivity index (χ0) is 21.3. The van der Waals surface area contributed by atoms with Crippen molar-refractivity contribution < 1.29 is 9.52 Å². The van der Waals surface area contributed by atoms with Crippen molar-refractivity contribution in [3.8, 4) is 17.2 Å². The maximum absolute atomic E-state index is 10.3. The number of phenolic OH excluding ortho intramolecular Hbond substituents is 1. The second-order valence-electron chi connectivity index (χ2n) is 7.19. The van der Waals surface area contributed by atoms with Gasteiger partial charge >= 0.3 is 0 Å². The summed E-state index contributed by atoms with van der Waals surface area (Å²) in [6.45, 7) is 4.41. The number of aromatic hydroxyl groups is 1. The Morgan fingerprint density at radius 2 is 1.97 bits per heavy atom. The molecule has 4 nitrogen and oxygen atoms in total. The fourth-order valence-corrected chi connectivity index (χ4v) is 5.05. The lowest BCUT2D eigenvalue weighted by Crippen LogP contribution is -1.90. The Labute approximate surface area is 202 Å². The number of hydrogen-bond acceptors (Lipinski definition) is 4. The molecule has 1 heterocycles. The highest BCUT2D eigenvalue weighted by Gasteiger charge is 2.11. The SMILES string of the molecule is CC[C@@H](C)c1ccc2oc(-c3cccc(N=Cc4cc(I)cc(I)c4O)c3)nc2c1. The average molecular weight is 622 g/mol. The third-order valence-electron chi connectivity index (χ3n) is 5.10. The molecule has 1 N–H and O–H groups in total. The Hall–Kier alpha value is -1.94. The van der Waals surface area contributed by atoms with Crippen LogP contribution in [-0.2, 0) is 0 Å². The first-order valence-corrected chi connectivity index (χ1v) is 11.8. The largest absolute Gasteiger partial charge is 0.506 e. The van der Waals surface area contributed by atoms with Crippen molar-refractivity contribution in [2.75, 3.05) is 0 Å². The summed E-state index contributed by atoms with van der Waals surface area (Å²) in [6.07, 6.45) is 2.77. The third kappa shape index (κ3) is 4.54. The van der Waals surface area contributed by atoms with Crippen molar-refractivity contribution in [3.05, 3.63) is 72.9 Å². The molecule has 0 amide bonds. The van der Waals surface area contributed by atoms with E-state index >= 15 is 0 Å². The molecule has 0 aliphatic heterocycles. The summed E-state index contributed by atoms with van der Waals surface area (Å²) in [5, 5.41) is 10.3. The minimum Gasteiger partial charge on any atom is -0.506 e. The lowest BCUT2D eigenvalue weighted by atomic mass is 9.98. The van der Waals surface area contributed by atoms with Crippen LogP contribution in [0.25, 0.3) is 22.6 Å². The molecule has 3 aromatic carbocycles. The highest BCUT2D eigenvalue weighted by molar-refractivity contribution is 14.1. The summed E-state index contributed by atoms with van der Waals surface area (Å²) in [6, 6.07) is 17.8. The van der Waals surface area contributed by atoms with E-state index in [1.54, 1.807) is 6.21 Å². The monoisotopic (exact) mass is 622 g/mol. The van der Waals surface area contributed by atoms with Gasteiger partial charge in [0.25, 0.3) is 0 Å². The van der Waals surface area contributed by atoms with Crippen LogP contribution in [0, 0.1) is 7.14 Å². The van der Waals surface area contributed by atoms with Gasteiger partial charge in [0, 0.05) is 20.9 Å². The van der Waals surface area contributed by atoms with E-state index in [0.717, 1.165) is 35.9 Å². The number of nitrogens with zero attached hydrogens (tertiary/aromatic N) is 2. The first-order chi connectivity index (χ1) is 14.4. The van der Waals surface area contributed by atoms with Gasteiger partial charge in [-0.05, 0) is 106 Å². The van der Waals surface area contributed by atoms with E-state index in [0.29, 0.717) is 17.4 Å². The quantitative estimate of drug-likeness (QED) is 0.184. The lowest BCUT2D eigenvalue weighted by Gasteiger charge is -2.07.